The van der Waals surface area contributed by atoms with E-state index >= 15 is 0 Å². The fourth-order valence-electron chi connectivity index (χ4n) is 4.05. The van der Waals surface area contributed by atoms with Crippen LogP contribution in [0, 0.1) is 5.92 Å². The number of aryl methyl sites for hydroxylation is 1. The minimum absolute atomic E-state index is 0.00850. The summed E-state index contributed by atoms with van der Waals surface area (Å²) in [6.07, 6.45) is 10.3. The molecule has 0 spiro atoms. The van der Waals surface area contributed by atoms with Gasteiger partial charge in [0.2, 0.25) is 15.9 Å². The molecule has 8 nitrogen and oxygen atoms in total. The van der Waals surface area contributed by atoms with Crippen molar-refractivity contribution in [1.29, 1.82) is 0 Å². The zero-order valence-electron chi connectivity index (χ0n) is 16.9. The van der Waals surface area contributed by atoms with E-state index in [0.29, 0.717) is 19.4 Å². The van der Waals surface area contributed by atoms with Crippen molar-refractivity contribution in [1.82, 2.24) is 14.2 Å². The van der Waals surface area contributed by atoms with E-state index in [2.05, 4.69) is 11.4 Å². The third kappa shape index (κ3) is 5.08. The van der Waals surface area contributed by atoms with E-state index in [1.54, 1.807) is 7.05 Å². The predicted octanol–water partition coefficient (Wildman–Crippen LogP) is 1.53. The largest absolute Gasteiger partial charge is 0.364 e. The summed E-state index contributed by atoms with van der Waals surface area (Å²) in [5.41, 5.74) is 6.84. The van der Waals surface area contributed by atoms with Gasteiger partial charge in [-0.25, -0.2) is 8.42 Å². The molecule has 9 heteroatoms. The fourth-order valence-corrected chi connectivity index (χ4v) is 5.59. The third-order valence-corrected chi connectivity index (χ3v) is 7.69. The molecule has 0 atom stereocenters. The van der Waals surface area contributed by atoms with Crippen LogP contribution in [-0.2, 0) is 21.9 Å². The molecule has 0 radical (unpaired) electrons. The van der Waals surface area contributed by atoms with Crippen LogP contribution in [0.2, 0.25) is 0 Å². The van der Waals surface area contributed by atoms with Gasteiger partial charge in [-0.15, -0.1) is 0 Å². The number of primary amides is 1. The van der Waals surface area contributed by atoms with E-state index in [1.807, 2.05) is 0 Å². The highest BCUT2D eigenvalue weighted by Crippen LogP contribution is 2.25. The highest BCUT2D eigenvalue weighted by molar-refractivity contribution is 7.89. The predicted molar refractivity (Wildman–Crippen MR) is 110 cm³/mol. The first-order chi connectivity index (χ1) is 13.8. The molecule has 3 N–H and O–H groups in total. The molecule has 0 bridgehead atoms. The number of hydrogen-bond acceptors (Lipinski definition) is 4. The molecule has 2 aliphatic rings. The maximum Gasteiger partial charge on any atom is 0.265 e. The molecule has 1 saturated heterocycles. The van der Waals surface area contributed by atoms with Gasteiger partial charge in [0.15, 0.2) is 0 Å². The first-order valence-electron chi connectivity index (χ1n) is 10.2. The second-order valence-corrected chi connectivity index (χ2v) is 9.80. The lowest BCUT2D eigenvalue weighted by molar-refractivity contribution is -0.126. The van der Waals surface area contributed by atoms with E-state index < -0.39 is 15.9 Å². The van der Waals surface area contributed by atoms with Crippen LogP contribution in [0.4, 0.5) is 0 Å². The number of nitrogens with zero attached hydrogens (tertiary/aromatic N) is 2. The number of rotatable bonds is 7. The van der Waals surface area contributed by atoms with Gasteiger partial charge in [-0.3, -0.25) is 9.59 Å². The monoisotopic (exact) mass is 422 g/mol. The van der Waals surface area contributed by atoms with Gasteiger partial charge >= 0.3 is 0 Å². The van der Waals surface area contributed by atoms with Gasteiger partial charge in [0.25, 0.3) is 5.91 Å². The van der Waals surface area contributed by atoms with Gasteiger partial charge in [0, 0.05) is 38.8 Å². The van der Waals surface area contributed by atoms with Gasteiger partial charge in [-0.1, -0.05) is 11.6 Å². The van der Waals surface area contributed by atoms with E-state index in [1.165, 1.54) is 39.6 Å². The average Bonchev–Trinajstić information content (AvgIpc) is 3.11. The van der Waals surface area contributed by atoms with Crippen LogP contribution < -0.4 is 11.1 Å². The number of nitrogens with two attached hydrogens (primary N) is 1. The molecule has 1 aromatic heterocycles. The molecule has 0 aromatic carbocycles. The lowest BCUT2D eigenvalue weighted by atomic mass is 9.96. The molecule has 0 saturated carbocycles. The van der Waals surface area contributed by atoms with Crippen LogP contribution in [0.5, 0.6) is 0 Å². The Morgan fingerprint density at radius 1 is 1.24 bits per heavy atom. The Morgan fingerprint density at radius 3 is 2.55 bits per heavy atom. The zero-order chi connectivity index (χ0) is 21.0. The molecule has 2 amide bonds. The summed E-state index contributed by atoms with van der Waals surface area (Å²) in [5, 5.41) is 3.01. The first-order valence-corrected chi connectivity index (χ1v) is 11.6. The number of amides is 2. The summed E-state index contributed by atoms with van der Waals surface area (Å²) >= 11 is 0. The van der Waals surface area contributed by atoms with Gasteiger partial charge in [0.1, 0.15) is 10.6 Å². The van der Waals surface area contributed by atoms with Crippen LogP contribution in [0.25, 0.3) is 0 Å². The number of nitrogens with one attached hydrogen (secondary N) is 1. The maximum absolute atomic E-state index is 12.9. The Kier molecular flexibility index (Phi) is 6.79. The van der Waals surface area contributed by atoms with Crippen LogP contribution in [0.1, 0.15) is 55.4 Å². The van der Waals surface area contributed by atoms with E-state index in [0.717, 1.165) is 19.3 Å². The van der Waals surface area contributed by atoms with Crippen molar-refractivity contribution in [3.8, 4) is 0 Å². The first kappa shape index (κ1) is 21.6. The summed E-state index contributed by atoms with van der Waals surface area (Å²) < 4.78 is 28.5. The summed E-state index contributed by atoms with van der Waals surface area (Å²) in [6, 6.07) is 1.30. The maximum atomic E-state index is 12.9. The number of piperidine rings is 1. The lowest BCUT2D eigenvalue weighted by Crippen LogP contribution is -2.43. The number of aromatic nitrogens is 1. The van der Waals surface area contributed by atoms with E-state index in [4.69, 9.17) is 5.73 Å². The highest BCUT2D eigenvalue weighted by Gasteiger charge is 2.33. The Labute approximate surface area is 172 Å². The number of carbonyl (C=O) groups excluding carboxylic acids is 2. The fraction of sp³-hybridized carbons (Fsp3) is 0.600. The standard InChI is InChI=1S/C20H30N4O4S/c1-23-14-17(13-18(23)19(21)25)29(27,28)24-11-8-16(9-12-24)20(26)22-10-7-15-5-3-2-4-6-15/h5,13-14,16H,2-4,6-12H2,1H3,(H2,21,25)(H,22,26). The second kappa shape index (κ2) is 9.13. The number of hydrogen-bond donors (Lipinski definition) is 2. The minimum atomic E-state index is -3.71. The molecule has 1 aliphatic carbocycles. The minimum Gasteiger partial charge on any atom is -0.364 e. The molecule has 3 rings (SSSR count). The molecular formula is C20H30N4O4S. The van der Waals surface area contributed by atoms with Crippen LogP contribution in [0.15, 0.2) is 28.8 Å². The molecule has 1 fully saturated rings. The summed E-state index contributed by atoms with van der Waals surface area (Å²) in [5.74, 6) is -0.832. The second-order valence-electron chi connectivity index (χ2n) is 7.86. The highest BCUT2D eigenvalue weighted by atomic mass is 32.2. The summed E-state index contributed by atoms with van der Waals surface area (Å²) in [7, 11) is -2.13. The molecule has 1 aliphatic heterocycles. The molecule has 2 heterocycles. The van der Waals surface area contributed by atoms with Crippen LogP contribution in [0.3, 0.4) is 0 Å². The summed E-state index contributed by atoms with van der Waals surface area (Å²) in [6.45, 7) is 1.21. The van der Waals surface area contributed by atoms with Crippen LogP contribution in [-0.4, -0.2) is 48.7 Å². The van der Waals surface area contributed by atoms with Crippen molar-refractivity contribution in [2.24, 2.45) is 18.7 Å². The molecule has 0 unspecified atom stereocenters. The van der Waals surface area contributed by atoms with E-state index in [9.17, 15) is 18.0 Å². The molecule has 160 valence electrons. The van der Waals surface area contributed by atoms with Crippen molar-refractivity contribution < 1.29 is 18.0 Å². The van der Waals surface area contributed by atoms with Crippen molar-refractivity contribution in [3.05, 3.63) is 29.6 Å². The lowest BCUT2D eigenvalue weighted by Gasteiger charge is -2.30. The van der Waals surface area contributed by atoms with E-state index in [-0.39, 0.29) is 35.5 Å². The van der Waals surface area contributed by atoms with Gasteiger partial charge < -0.3 is 15.6 Å². The average molecular weight is 423 g/mol. The van der Waals surface area contributed by atoms with Gasteiger partial charge in [0.05, 0.1) is 0 Å². The molecule has 29 heavy (non-hydrogen) atoms. The van der Waals surface area contributed by atoms with Crippen molar-refractivity contribution in [2.75, 3.05) is 19.6 Å². The number of carbonyl (C=O) groups is 2. The number of allylic oxidation sites excluding steroid dienone is 1. The van der Waals surface area contributed by atoms with Gasteiger partial charge in [-0.05, 0) is 51.0 Å². The molecule has 1 aromatic rings. The normalized spacial score (nSPS) is 19.0. The zero-order valence-corrected chi connectivity index (χ0v) is 17.7. The van der Waals surface area contributed by atoms with Crippen molar-refractivity contribution >= 4 is 21.8 Å². The Morgan fingerprint density at radius 2 is 1.97 bits per heavy atom. The van der Waals surface area contributed by atoms with Gasteiger partial charge in [-0.2, -0.15) is 4.31 Å². The summed E-state index contributed by atoms with van der Waals surface area (Å²) in [4.78, 5) is 23.9. The third-order valence-electron chi connectivity index (χ3n) is 5.83. The Bertz CT molecular complexity index is 896. The van der Waals surface area contributed by atoms with Crippen LogP contribution >= 0.6 is 0 Å². The topological polar surface area (TPSA) is 114 Å². The Hall–Kier alpha value is -2.13. The van der Waals surface area contributed by atoms with Crippen molar-refractivity contribution in [2.45, 2.75) is 49.8 Å². The smallest absolute Gasteiger partial charge is 0.265 e. The van der Waals surface area contributed by atoms with Crippen molar-refractivity contribution in [3.63, 3.8) is 0 Å². The number of sulfonamides is 1. The Balaban J connectivity index is 1.51. The SMILES string of the molecule is Cn1cc(S(=O)(=O)N2CCC(C(=O)NCCC3=CCCCC3)CC2)cc1C(N)=O. The quantitative estimate of drug-likeness (QED) is 0.649. The molecular weight excluding hydrogens is 392 g/mol.